The van der Waals surface area contributed by atoms with Crippen LogP contribution in [0.5, 0.6) is 0 Å². The van der Waals surface area contributed by atoms with Gasteiger partial charge in [0.05, 0.1) is 19.6 Å². The number of carbonyl (C=O) groups is 1. The lowest BCUT2D eigenvalue weighted by Gasteiger charge is -2.00. The molecule has 0 aliphatic carbocycles. The van der Waals surface area contributed by atoms with Gasteiger partial charge in [0, 0.05) is 12.1 Å². The topological polar surface area (TPSA) is 103 Å². The maximum atomic E-state index is 11.3. The molecule has 21 heavy (non-hydrogen) atoms. The number of ketones is 1. The Hall–Kier alpha value is -2.26. The van der Waals surface area contributed by atoms with Crippen LogP contribution in [0.4, 0.5) is 11.4 Å². The zero-order chi connectivity index (χ0) is 15.6. The molecule has 0 amide bonds. The highest BCUT2D eigenvalue weighted by Crippen LogP contribution is 2.44. The predicted octanol–water partition coefficient (Wildman–Crippen LogP) is 3.92. The van der Waals surface area contributed by atoms with E-state index in [1.807, 2.05) is 0 Å². The summed E-state index contributed by atoms with van der Waals surface area (Å²) in [6, 6.07) is 7.17. The lowest BCUT2D eigenvalue weighted by atomic mass is 10.3. The first-order chi connectivity index (χ1) is 9.90. The van der Waals surface area contributed by atoms with Crippen LogP contribution in [0, 0.1) is 20.2 Å². The quantitative estimate of drug-likeness (QED) is 0.469. The number of hydrogen-bond donors (Lipinski definition) is 0. The van der Waals surface area contributed by atoms with Gasteiger partial charge in [0.1, 0.15) is 4.21 Å². The summed E-state index contributed by atoms with van der Waals surface area (Å²) in [7, 11) is 0. The zero-order valence-electron chi connectivity index (χ0n) is 10.6. The van der Waals surface area contributed by atoms with Crippen molar-refractivity contribution in [2.45, 2.75) is 16.0 Å². The Labute approximate surface area is 126 Å². The lowest BCUT2D eigenvalue weighted by molar-refractivity contribution is -0.388. The first kappa shape index (κ1) is 15.1. The van der Waals surface area contributed by atoms with Gasteiger partial charge >= 0.3 is 0 Å². The number of hydrogen-bond acceptors (Lipinski definition) is 7. The number of nitro benzene ring substituents is 1. The fourth-order valence-electron chi connectivity index (χ4n) is 1.53. The molecule has 0 aliphatic heterocycles. The van der Waals surface area contributed by atoms with Crippen LogP contribution in [-0.4, -0.2) is 15.6 Å². The third-order valence-corrected chi connectivity index (χ3v) is 4.97. The second-order valence-electron chi connectivity index (χ2n) is 3.92. The maximum absolute atomic E-state index is 11.3. The van der Waals surface area contributed by atoms with Gasteiger partial charge in [0.25, 0.3) is 11.4 Å². The third-order valence-electron chi connectivity index (χ3n) is 2.49. The summed E-state index contributed by atoms with van der Waals surface area (Å²) in [5.74, 6) is -0.280. The van der Waals surface area contributed by atoms with E-state index in [0.717, 1.165) is 23.1 Å². The Morgan fingerprint density at radius 2 is 1.76 bits per heavy atom. The van der Waals surface area contributed by atoms with Gasteiger partial charge in [-0.25, -0.2) is 0 Å². The van der Waals surface area contributed by atoms with Gasteiger partial charge in [-0.3, -0.25) is 25.0 Å². The summed E-state index contributed by atoms with van der Waals surface area (Å²) in [4.78, 5) is 32.7. The minimum absolute atomic E-state index is 0.130. The average molecular weight is 324 g/mol. The average Bonchev–Trinajstić information content (AvgIpc) is 2.83. The van der Waals surface area contributed by atoms with Gasteiger partial charge in [-0.1, -0.05) is 23.9 Å². The van der Waals surface area contributed by atoms with Crippen LogP contribution in [0.2, 0.25) is 0 Å². The summed E-state index contributed by atoms with van der Waals surface area (Å²) in [5.41, 5.74) is -0.345. The molecule has 0 radical (unpaired) electrons. The summed E-state index contributed by atoms with van der Waals surface area (Å²) in [5, 5.41) is 22.0. The summed E-state index contributed by atoms with van der Waals surface area (Å²) >= 11 is 1.88. The zero-order valence-corrected chi connectivity index (χ0v) is 12.3. The standard InChI is InChI=1S/C12H8N2O5S2/c1-7(15)11-6-9(14(18)19)12(21-11)20-10-5-3-2-4-8(10)13(16)17/h2-6H,1H3. The van der Waals surface area contributed by atoms with E-state index in [1.54, 1.807) is 6.07 Å². The molecule has 0 aliphatic rings. The predicted molar refractivity (Wildman–Crippen MR) is 78.2 cm³/mol. The Kier molecular flexibility index (Phi) is 4.34. The van der Waals surface area contributed by atoms with Gasteiger partial charge in [-0.15, -0.1) is 11.3 Å². The Bertz CT molecular complexity index is 741. The van der Waals surface area contributed by atoms with Crippen LogP contribution in [0.3, 0.4) is 0 Å². The molecular formula is C12H8N2O5S2. The first-order valence-electron chi connectivity index (χ1n) is 5.60. The highest BCUT2D eigenvalue weighted by atomic mass is 32.2. The molecule has 7 nitrogen and oxygen atoms in total. The van der Waals surface area contributed by atoms with Crippen molar-refractivity contribution in [3.05, 3.63) is 55.4 Å². The minimum atomic E-state index is -0.597. The molecular weight excluding hydrogens is 316 g/mol. The van der Waals surface area contributed by atoms with Crippen LogP contribution < -0.4 is 0 Å². The summed E-state index contributed by atoms with van der Waals surface area (Å²) < 4.78 is 0.250. The van der Waals surface area contributed by atoms with Crippen LogP contribution in [0.15, 0.2) is 39.4 Å². The van der Waals surface area contributed by atoms with E-state index >= 15 is 0 Å². The van der Waals surface area contributed by atoms with E-state index in [4.69, 9.17) is 0 Å². The Balaban J connectivity index is 2.46. The fourth-order valence-corrected chi connectivity index (χ4v) is 3.82. The summed E-state index contributed by atoms with van der Waals surface area (Å²) in [6.07, 6.45) is 0. The second-order valence-corrected chi connectivity index (χ2v) is 6.29. The van der Waals surface area contributed by atoms with Gasteiger partial charge in [-0.05, 0) is 13.0 Å². The van der Waals surface area contributed by atoms with E-state index in [9.17, 15) is 25.0 Å². The number of benzene rings is 1. The van der Waals surface area contributed by atoms with Gasteiger partial charge in [0.15, 0.2) is 5.78 Å². The normalized spacial score (nSPS) is 10.3. The van der Waals surface area contributed by atoms with Gasteiger partial charge in [0.2, 0.25) is 0 Å². The molecule has 0 unspecified atom stereocenters. The fraction of sp³-hybridized carbons (Fsp3) is 0.0833. The van der Waals surface area contributed by atoms with E-state index in [-0.39, 0.29) is 26.2 Å². The SMILES string of the molecule is CC(=O)c1cc([N+](=O)[O-])c(Sc2ccccc2[N+](=O)[O-])s1. The molecule has 9 heteroatoms. The van der Waals surface area contributed by atoms with Crippen molar-refractivity contribution in [2.75, 3.05) is 0 Å². The number of thiophene rings is 1. The molecule has 0 spiro atoms. The number of nitro groups is 2. The molecule has 108 valence electrons. The van der Waals surface area contributed by atoms with Crippen molar-refractivity contribution in [1.29, 1.82) is 0 Å². The third kappa shape index (κ3) is 3.26. The largest absolute Gasteiger partial charge is 0.294 e. The monoisotopic (exact) mass is 324 g/mol. The number of carbonyl (C=O) groups excluding carboxylic acids is 1. The second kappa shape index (κ2) is 6.02. The highest BCUT2D eigenvalue weighted by molar-refractivity contribution is 8.01. The molecule has 1 aromatic heterocycles. The van der Waals surface area contributed by atoms with Crippen molar-refractivity contribution in [3.8, 4) is 0 Å². The maximum Gasteiger partial charge on any atom is 0.294 e. The molecule has 1 aromatic carbocycles. The molecule has 0 saturated carbocycles. The van der Waals surface area contributed by atoms with Crippen LogP contribution in [0.1, 0.15) is 16.6 Å². The van der Waals surface area contributed by atoms with Crippen molar-refractivity contribution in [1.82, 2.24) is 0 Å². The van der Waals surface area contributed by atoms with Crippen LogP contribution in [-0.2, 0) is 0 Å². The molecule has 0 N–H and O–H groups in total. The highest BCUT2D eigenvalue weighted by Gasteiger charge is 2.24. The number of para-hydroxylation sites is 1. The van der Waals surface area contributed by atoms with Crippen LogP contribution >= 0.6 is 23.1 Å². The summed E-state index contributed by atoms with van der Waals surface area (Å²) in [6.45, 7) is 1.31. The number of rotatable bonds is 5. The molecule has 0 atom stereocenters. The molecule has 0 fully saturated rings. The van der Waals surface area contributed by atoms with Gasteiger partial charge < -0.3 is 0 Å². The Morgan fingerprint density at radius 1 is 1.14 bits per heavy atom. The van der Waals surface area contributed by atoms with E-state index in [2.05, 4.69) is 0 Å². The van der Waals surface area contributed by atoms with Crippen LogP contribution in [0.25, 0.3) is 0 Å². The van der Waals surface area contributed by atoms with Crippen molar-refractivity contribution < 1.29 is 14.6 Å². The number of nitrogens with zero attached hydrogens (tertiary/aromatic N) is 2. The smallest absolute Gasteiger partial charge is 0.294 e. The molecule has 1 heterocycles. The molecule has 2 aromatic rings. The molecule has 2 rings (SSSR count). The molecule has 0 saturated heterocycles. The number of Topliss-reactive ketones (excluding diaryl/α,β-unsaturated/α-hetero) is 1. The first-order valence-corrected chi connectivity index (χ1v) is 7.24. The molecule has 0 bridgehead atoms. The van der Waals surface area contributed by atoms with Gasteiger partial charge in [-0.2, -0.15) is 0 Å². The van der Waals surface area contributed by atoms with E-state index in [0.29, 0.717) is 4.90 Å². The lowest BCUT2D eigenvalue weighted by Crippen LogP contribution is -1.90. The van der Waals surface area contributed by atoms with E-state index < -0.39 is 9.85 Å². The minimum Gasteiger partial charge on any atom is -0.294 e. The van der Waals surface area contributed by atoms with E-state index in [1.165, 1.54) is 31.2 Å². The van der Waals surface area contributed by atoms with Crippen molar-refractivity contribution in [2.24, 2.45) is 0 Å². The van der Waals surface area contributed by atoms with Crippen molar-refractivity contribution in [3.63, 3.8) is 0 Å². The van der Waals surface area contributed by atoms with Crippen molar-refractivity contribution >= 4 is 40.3 Å². The Morgan fingerprint density at radius 3 is 2.33 bits per heavy atom.